The lowest BCUT2D eigenvalue weighted by Gasteiger charge is -2.19. The second-order valence-corrected chi connectivity index (χ2v) is 4.93. The van der Waals surface area contributed by atoms with E-state index < -0.39 is 0 Å². The molecule has 0 aliphatic carbocycles. The molecule has 1 rings (SSSR count). The highest BCUT2D eigenvalue weighted by Crippen LogP contribution is 2.00. The molecule has 1 aromatic heterocycles. The van der Waals surface area contributed by atoms with E-state index in [1.165, 1.54) is 6.20 Å². The van der Waals surface area contributed by atoms with E-state index in [1.54, 1.807) is 12.1 Å². The minimum Gasteiger partial charge on any atom is -0.389 e. The zero-order valence-corrected chi connectivity index (χ0v) is 12.9. The summed E-state index contributed by atoms with van der Waals surface area (Å²) in [5.41, 5.74) is 6.52. The number of thiocarbonyl (C=S) groups is 1. The van der Waals surface area contributed by atoms with Crippen LogP contribution in [-0.2, 0) is 0 Å². The molecule has 0 unspecified atom stereocenters. The van der Waals surface area contributed by atoms with Gasteiger partial charge in [0.1, 0.15) is 10.7 Å². The predicted octanol–water partition coefficient (Wildman–Crippen LogP) is 1.18. The molecule has 6 heteroatoms. The summed E-state index contributed by atoms with van der Waals surface area (Å²) < 4.78 is 0. The van der Waals surface area contributed by atoms with Gasteiger partial charge in [0.05, 0.1) is 0 Å². The fourth-order valence-corrected chi connectivity index (χ4v) is 1.96. The van der Waals surface area contributed by atoms with Gasteiger partial charge in [0.2, 0.25) is 0 Å². The van der Waals surface area contributed by atoms with Crippen LogP contribution in [0.5, 0.6) is 0 Å². The van der Waals surface area contributed by atoms with Gasteiger partial charge >= 0.3 is 0 Å². The van der Waals surface area contributed by atoms with Crippen LogP contribution in [0.25, 0.3) is 0 Å². The van der Waals surface area contributed by atoms with Crippen LogP contribution in [0, 0.1) is 0 Å². The number of carbonyl (C=O) groups excluding carboxylic acids is 1. The van der Waals surface area contributed by atoms with E-state index in [4.69, 9.17) is 18.0 Å². The molecule has 1 heterocycles. The SMILES string of the molecule is CCCN(CC)CCNC(=O)c1ccc(C(N)=S)cn1. The first-order chi connectivity index (χ1) is 9.58. The third-order valence-electron chi connectivity index (χ3n) is 2.98. The first-order valence-electron chi connectivity index (χ1n) is 6.84. The summed E-state index contributed by atoms with van der Waals surface area (Å²) in [7, 11) is 0. The number of hydrogen-bond donors (Lipinski definition) is 2. The standard InChI is InChI=1S/C14H22N4OS/c1-3-8-18(4-2)9-7-16-14(19)12-6-5-11(10-17-12)13(15)20/h5-6,10H,3-4,7-9H2,1-2H3,(H2,15,20)(H,16,19). The van der Waals surface area contributed by atoms with Gasteiger partial charge in [-0.25, -0.2) is 0 Å². The molecule has 0 saturated carbocycles. The Kier molecular flexibility index (Phi) is 7.11. The lowest BCUT2D eigenvalue weighted by atomic mass is 10.2. The minimum absolute atomic E-state index is 0.174. The molecule has 0 spiro atoms. The molecule has 0 atom stereocenters. The number of rotatable bonds is 8. The molecule has 0 aliphatic heterocycles. The van der Waals surface area contributed by atoms with Gasteiger partial charge in [-0.2, -0.15) is 0 Å². The first kappa shape index (κ1) is 16.5. The topological polar surface area (TPSA) is 71.2 Å². The zero-order chi connectivity index (χ0) is 15.0. The van der Waals surface area contributed by atoms with E-state index in [0.29, 0.717) is 17.8 Å². The number of nitrogens with one attached hydrogen (secondary N) is 1. The van der Waals surface area contributed by atoms with E-state index in [-0.39, 0.29) is 10.9 Å². The van der Waals surface area contributed by atoms with Crippen molar-refractivity contribution in [2.24, 2.45) is 5.73 Å². The minimum atomic E-state index is -0.174. The van der Waals surface area contributed by atoms with Crippen LogP contribution < -0.4 is 11.1 Å². The van der Waals surface area contributed by atoms with E-state index in [1.807, 2.05) is 0 Å². The lowest BCUT2D eigenvalue weighted by molar-refractivity contribution is 0.0943. The van der Waals surface area contributed by atoms with Crippen molar-refractivity contribution in [3.63, 3.8) is 0 Å². The maximum absolute atomic E-state index is 11.9. The Balaban J connectivity index is 2.44. The van der Waals surface area contributed by atoms with Gasteiger partial charge in [-0.05, 0) is 31.6 Å². The Labute approximate surface area is 125 Å². The molecule has 0 bridgehead atoms. The van der Waals surface area contributed by atoms with Gasteiger partial charge in [0, 0.05) is 24.8 Å². The van der Waals surface area contributed by atoms with Crippen molar-refractivity contribution in [3.8, 4) is 0 Å². The Bertz CT molecular complexity index is 447. The maximum Gasteiger partial charge on any atom is 0.269 e. The smallest absolute Gasteiger partial charge is 0.269 e. The summed E-state index contributed by atoms with van der Waals surface area (Å²) >= 11 is 4.84. The third kappa shape index (κ3) is 5.22. The summed E-state index contributed by atoms with van der Waals surface area (Å²) in [6, 6.07) is 3.34. The van der Waals surface area contributed by atoms with E-state index in [2.05, 4.69) is 29.0 Å². The number of nitrogens with two attached hydrogens (primary N) is 1. The Hall–Kier alpha value is -1.53. The summed E-state index contributed by atoms with van der Waals surface area (Å²) in [5.74, 6) is -0.174. The van der Waals surface area contributed by atoms with Gasteiger partial charge in [-0.3, -0.25) is 9.78 Å². The highest BCUT2D eigenvalue weighted by atomic mass is 32.1. The van der Waals surface area contributed by atoms with Crippen LogP contribution in [-0.4, -0.2) is 47.0 Å². The second kappa shape index (κ2) is 8.60. The van der Waals surface area contributed by atoms with E-state index >= 15 is 0 Å². The molecule has 1 amide bonds. The van der Waals surface area contributed by atoms with Crippen LogP contribution >= 0.6 is 12.2 Å². The molecule has 0 aliphatic rings. The van der Waals surface area contributed by atoms with Crippen molar-refractivity contribution >= 4 is 23.1 Å². The lowest BCUT2D eigenvalue weighted by Crippen LogP contribution is -2.35. The molecular formula is C14H22N4OS. The maximum atomic E-state index is 11.9. The molecule has 0 saturated heterocycles. The van der Waals surface area contributed by atoms with Crippen molar-refractivity contribution in [3.05, 3.63) is 29.6 Å². The Morgan fingerprint density at radius 2 is 2.15 bits per heavy atom. The molecule has 0 radical (unpaired) electrons. The highest BCUT2D eigenvalue weighted by molar-refractivity contribution is 7.80. The van der Waals surface area contributed by atoms with Crippen LogP contribution in [0.4, 0.5) is 0 Å². The van der Waals surface area contributed by atoms with Gasteiger partial charge in [0.25, 0.3) is 5.91 Å². The summed E-state index contributed by atoms with van der Waals surface area (Å²) in [6.45, 7) is 7.77. The average Bonchev–Trinajstić information content (AvgIpc) is 2.46. The molecular weight excluding hydrogens is 272 g/mol. The number of nitrogens with zero attached hydrogens (tertiary/aromatic N) is 2. The van der Waals surface area contributed by atoms with Crippen LogP contribution in [0.15, 0.2) is 18.3 Å². The first-order valence-corrected chi connectivity index (χ1v) is 7.25. The monoisotopic (exact) mass is 294 g/mol. The largest absolute Gasteiger partial charge is 0.389 e. The summed E-state index contributed by atoms with van der Waals surface area (Å²) in [4.78, 5) is 18.5. The number of likely N-dealkylation sites (N-methyl/N-ethyl adjacent to an activating group) is 1. The number of pyridine rings is 1. The van der Waals surface area contributed by atoms with Crippen molar-refractivity contribution < 1.29 is 4.79 Å². The molecule has 0 aromatic carbocycles. The van der Waals surface area contributed by atoms with Crippen molar-refractivity contribution in [2.75, 3.05) is 26.2 Å². The highest BCUT2D eigenvalue weighted by Gasteiger charge is 2.08. The number of hydrogen-bond acceptors (Lipinski definition) is 4. The molecule has 3 N–H and O–H groups in total. The third-order valence-corrected chi connectivity index (χ3v) is 3.22. The van der Waals surface area contributed by atoms with Gasteiger partial charge < -0.3 is 16.0 Å². The summed E-state index contributed by atoms with van der Waals surface area (Å²) in [5, 5.41) is 2.86. The summed E-state index contributed by atoms with van der Waals surface area (Å²) in [6.07, 6.45) is 2.64. The Morgan fingerprint density at radius 1 is 1.40 bits per heavy atom. The average molecular weight is 294 g/mol. The van der Waals surface area contributed by atoms with Crippen LogP contribution in [0.1, 0.15) is 36.3 Å². The van der Waals surface area contributed by atoms with E-state index in [0.717, 1.165) is 26.1 Å². The van der Waals surface area contributed by atoms with Crippen molar-refractivity contribution in [2.45, 2.75) is 20.3 Å². The normalized spacial score (nSPS) is 10.6. The van der Waals surface area contributed by atoms with Crippen LogP contribution in [0.2, 0.25) is 0 Å². The molecule has 1 aromatic rings. The molecule has 5 nitrogen and oxygen atoms in total. The fourth-order valence-electron chi connectivity index (χ4n) is 1.84. The number of amides is 1. The molecule has 20 heavy (non-hydrogen) atoms. The van der Waals surface area contributed by atoms with Crippen LogP contribution in [0.3, 0.4) is 0 Å². The van der Waals surface area contributed by atoms with Crippen molar-refractivity contribution in [1.82, 2.24) is 15.2 Å². The van der Waals surface area contributed by atoms with Gasteiger partial charge in [-0.15, -0.1) is 0 Å². The van der Waals surface area contributed by atoms with Gasteiger partial charge in [-0.1, -0.05) is 26.1 Å². The van der Waals surface area contributed by atoms with E-state index in [9.17, 15) is 4.79 Å². The zero-order valence-electron chi connectivity index (χ0n) is 12.1. The van der Waals surface area contributed by atoms with Gasteiger partial charge in [0.15, 0.2) is 0 Å². The number of aromatic nitrogens is 1. The van der Waals surface area contributed by atoms with Crippen molar-refractivity contribution in [1.29, 1.82) is 0 Å². The Morgan fingerprint density at radius 3 is 2.65 bits per heavy atom. The number of carbonyl (C=O) groups is 1. The quantitative estimate of drug-likeness (QED) is 0.704. The second-order valence-electron chi connectivity index (χ2n) is 4.49. The molecule has 0 fully saturated rings. The molecule has 110 valence electrons. The predicted molar refractivity (Wildman–Crippen MR) is 84.9 cm³/mol. The fraction of sp³-hybridized carbons (Fsp3) is 0.500.